The van der Waals surface area contributed by atoms with E-state index in [4.69, 9.17) is 4.74 Å². The van der Waals surface area contributed by atoms with Crippen LogP contribution in [0.5, 0.6) is 0 Å². The van der Waals surface area contributed by atoms with Crippen LogP contribution in [-0.4, -0.2) is 76.1 Å². The highest BCUT2D eigenvalue weighted by Crippen LogP contribution is 2.23. The number of esters is 1. The Morgan fingerprint density at radius 3 is 2.89 bits per heavy atom. The molecular formula is C22H23N9O5. The first-order valence-electron chi connectivity index (χ1n) is 11.5. The molecule has 1 atom stereocenters. The second kappa shape index (κ2) is 9.56. The number of hydrogen-bond acceptors (Lipinski definition) is 9. The van der Waals surface area contributed by atoms with Gasteiger partial charge in [-0.1, -0.05) is 5.21 Å². The number of hydrogen-bond donors (Lipinski definition) is 3. The average Bonchev–Trinajstić information content (AvgIpc) is 3.53. The van der Waals surface area contributed by atoms with Crippen LogP contribution >= 0.6 is 0 Å². The van der Waals surface area contributed by atoms with Crippen molar-refractivity contribution in [1.29, 1.82) is 0 Å². The van der Waals surface area contributed by atoms with Crippen LogP contribution in [-0.2, 0) is 11.2 Å². The van der Waals surface area contributed by atoms with Gasteiger partial charge in [-0.2, -0.15) is 5.10 Å². The van der Waals surface area contributed by atoms with E-state index in [0.717, 1.165) is 19.3 Å². The third kappa shape index (κ3) is 4.39. The molecule has 0 saturated carbocycles. The van der Waals surface area contributed by atoms with Crippen LogP contribution < -0.4 is 11.2 Å². The highest BCUT2D eigenvalue weighted by atomic mass is 16.5. The minimum atomic E-state index is -0.660. The number of piperidine rings is 1. The van der Waals surface area contributed by atoms with Crippen molar-refractivity contribution in [2.75, 3.05) is 13.2 Å². The van der Waals surface area contributed by atoms with Gasteiger partial charge in [-0.15, -0.1) is 5.10 Å². The summed E-state index contributed by atoms with van der Waals surface area (Å²) >= 11 is 0. The Morgan fingerprint density at radius 1 is 1.19 bits per heavy atom. The number of H-pyrrole nitrogens is 3. The number of ether oxygens (including phenoxy) is 1. The number of carbonyl (C=O) groups is 2. The average molecular weight is 493 g/mol. The standard InChI is InChI=1S/C22H23N9O5/c1-2-36-21(34)16-10-24-28-18(16)31-11-13(27-29-31)8-14-5-3-4-6-30(14)20(33)12-7-15-17(23-9-12)25-22(35)26-19(15)32/h7,9-11,14H,2-6,8H2,1H3,(H,24,28)(H2,23,25,26,32,35). The number of carbonyl (C=O) groups excluding carboxylic acids is 2. The topological polar surface area (TPSA) is 185 Å². The normalized spacial score (nSPS) is 15.8. The van der Waals surface area contributed by atoms with Gasteiger partial charge in [0.1, 0.15) is 11.2 Å². The van der Waals surface area contributed by atoms with Gasteiger partial charge < -0.3 is 9.64 Å². The number of aromatic nitrogens is 8. The van der Waals surface area contributed by atoms with Gasteiger partial charge in [-0.3, -0.25) is 24.7 Å². The van der Waals surface area contributed by atoms with Gasteiger partial charge in [0.05, 0.1) is 35.6 Å². The lowest BCUT2D eigenvalue weighted by Gasteiger charge is -2.35. The molecule has 186 valence electrons. The number of likely N-dealkylation sites (tertiary alicyclic amines) is 1. The number of pyridine rings is 1. The van der Waals surface area contributed by atoms with Crippen LogP contribution in [0.2, 0.25) is 0 Å². The van der Waals surface area contributed by atoms with Gasteiger partial charge >= 0.3 is 11.7 Å². The summed E-state index contributed by atoms with van der Waals surface area (Å²) in [4.78, 5) is 59.6. The van der Waals surface area contributed by atoms with Gasteiger partial charge in [0.25, 0.3) is 11.5 Å². The molecule has 0 aromatic carbocycles. The Kier molecular flexibility index (Phi) is 6.14. The smallest absolute Gasteiger partial charge is 0.343 e. The predicted octanol–water partition coefficient (Wildman–Crippen LogP) is 0.329. The quantitative estimate of drug-likeness (QED) is 0.318. The van der Waals surface area contributed by atoms with E-state index in [9.17, 15) is 19.2 Å². The van der Waals surface area contributed by atoms with Crippen LogP contribution in [0.25, 0.3) is 16.9 Å². The highest BCUT2D eigenvalue weighted by Gasteiger charge is 2.29. The summed E-state index contributed by atoms with van der Waals surface area (Å²) in [5.41, 5.74) is -0.0191. The third-order valence-corrected chi connectivity index (χ3v) is 6.06. The van der Waals surface area contributed by atoms with Gasteiger partial charge in [-0.05, 0) is 32.3 Å². The van der Waals surface area contributed by atoms with E-state index in [1.807, 2.05) is 0 Å². The molecule has 1 fully saturated rings. The summed E-state index contributed by atoms with van der Waals surface area (Å²) in [6, 6.07) is 1.29. The molecule has 4 aromatic rings. The van der Waals surface area contributed by atoms with Crippen molar-refractivity contribution in [3.8, 4) is 5.82 Å². The van der Waals surface area contributed by atoms with E-state index < -0.39 is 17.2 Å². The minimum Gasteiger partial charge on any atom is -0.462 e. The van der Waals surface area contributed by atoms with E-state index >= 15 is 0 Å². The zero-order chi connectivity index (χ0) is 25.2. The van der Waals surface area contributed by atoms with Crippen molar-refractivity contribution < 1.29 is 14.3 Å². The summed E-state index contributed by atoms with van der Waals surface area (Å²) in [7, 11) is 0. The van der Waals surface area contributed by atoms with Gasteiger partial charge in [0, 0.05) is 25.2 Å². The first kappa shape index (κ1) is 23.1. The van der Waals surface area contributed by atoms with Gasteiger partial charge in [-0.25, -0.2) is 19.3 Å². The molecular weight excluding hydrogens is 470 g/mol. The van der Waals surface area contributed by atoms with E-state index in [0.29, 0.717) is 24.5 Å². The maximum absolute atomic E-state index is 13.4. The van der Waals surface area contributed by atoms with Crippen molar-refractivity contribution in [3.05, 3.63) is 62.3 Å². The Hall–Kier alpha value is -4.62. The number of aromatic amines is 3. The molecule has 0 bridgehead atoms. The first-order valence-corrected chi connectivity index (χ1v) is 11.5. The summed E-state index contributed by atoms with van der Waals surface area (Å²) in [6.07, 6.45) is 7.43. The Labute approximate surface area is 202 Å². The monoisotopic (exact) mass is 493 g/mol. The first-order chi connectivity index (χ1) is 17.4. The minimum absolute atomic E-state index is 0.119. The fourth-order valence-electron chi connectivity index (χ4n) is 4.36. The van der Waals surface area contributed by atoms with E-state index in [1.54, 1.807) is 18.0 Å². The maximum atomic E-state index is 13.4. The number of rotatable bonds is 6. The number of amides is 1. The van der Waals surface area contributed by atoms with Crippen molar-refractivity contribution in [1.82, 2.24) is 45.0 Å². The number of nitrogens with one attached hydrogen (secondary N) is 3. The Balaban J connectivity index is 1.37. The second-order valence-corrected chi connectivity index (χ2v) is 8.39. The SMILES string of the molecule is CCOC(=O)c1cn[nH]c1-n1cc(CC2CCCCN2C(=O)c2cnc3[nH]c(=O)[nH]c(=O)c3c2)nn1. The molecule has 1 aliphatic heterocycles. The fourth-order valence-corrected chi connectivity index (χ4v) is 4.36. The summed E-state index contributed by atoms with van der Waals surface area (Å²) in [5.74, 6) is -0.436. The van der Waals surface area contributed by atoms with Crippen LogP contribution in [0.3, 0.4) is 0 Å². The lowest BCUT2D eigenvalue weighted by Crippen LogP contribution is -2.45. The molecule has 5 rings (SSSR count). The van der Waals surface area contributed by atoms with E-state index in [-0.39, 0.29) is 40.7 Å². The lowest BCUT2D eigenvalue weighted by atomic mass is 9.97. The van der Waals surface area contributed by atoms with Crippen LogP contribution in [0, 0.1) is 0 Å². The zero-order valence-electron chi connectivity index (χ0n) is 19.4. The molecule has 1 aliphatic rings. The van der Waals surface area contributed by atoms with Crippen molar-refractivity contribution in [2.45, 2.75) is 38.6 Å². The molecule has 3 N–H and O–H groups in total. The molecule has 1 saturated heterocycles. The van der Waals surface area contributed by atoms with E-state index in [2.05, 4.69) is 35.5 Å². The molecule has 4 aromatic heterocycles. The van der Waals surface area contributed by atoms with Gasteiger partial charge in [0.15, 0.2) is 5.82 Å². The highest BCUT2D eigenvalue weighted by molar-refractivity contribution is 5.97. The Bertz CT molecular complexity index is 1550. The van der Waals surface area contributed by atoms with Gasteiger partial charge in [0.2, 0.25) is 0 Å². The molecule has 0 aliphatic carbocycles. The molecule has 5 heterocycles. The van der Waals surface area contributed by atoms with Crippen LogP contribution in [0.15, 0.2) is 34.2 Å². The number of fused-ring (bicyclic) bond motifs is 1. The van der Waals surface area contributed by atoms with Crippen molar-refractivity contribution in [2.24, 2.45) is 0 Å². The van der Waals surface area contributed by atoms with Crippen molar-refractivity contribution in [3.63, 3.8) is 0 Å². The van der Waals surface area contributed by atoms with Crippen LogP contribution in [0.1, 0.15) is 52.6 Å². The fraction of sp³-hybridized carbons (Fsp3) is 0.364. The predicted molar refractivity (Wildman–Crippen MR) is 125 cm³/mol. The molecule has 0 radical (unpaired) electrons. The molecule has 0 spiro atoms. The summed E-state index contributed by atoms with van der Waals surface area (Å²) in [5, 5.41) is 15.1. The molecule has 36 heavy (non-hydrogen) atoms. The zero-order valence-corrected chi connectivity index (χ0v) is 19.4. The molecule has 14 nitrogen and oxygen atoms in total. The largest absolute Gasteiger partial charge is 0.462 e. The second-order valence-electron chi connectivity index (χ2n) is 8.39. The molecule has 14 heteroatoms. The lowest BCUT2D eigenvalue weighted by molar-refractivity contribution is 0.0525. The third-order valence-electron chi connectivity index (χ3n) is 6.06. The van der Waals surface area contributed by atoms with Crippen molar-refractivity contribution >= 4 is 22.9 Å². The van der Waals surface area contributed by atoms with E-state index in [1.165, 1.54) is 23.1 Å². The molecule has 1 amide bonds. The maximum Gasteiger partial charge on any atom is 0.343 e. The summed E-state index contributed by atoms with van der Waals surface area (Å²) in [6.45, 7) is 2.50. The van der Waals surface area contributed by atoms with Crippen LogP contribution in [0.4, 0.5) is 0 Å². The summed E-state index contributed by atoms with van der Waals surface area (Å²) < 4.78 is 6.47. The Morgan fingerprint density at radius 2 is 2.06 bits per heavy atom. The number of nitrogens with zero attached hydrogens (tertiary/aromatic N) is 6. The molecule has 1 unspecified atom stereocenters.